The molecule has 0 radical (unpaired) electrons. The summed E-state index contributed by atoms with van der Waals surface area (Å²) in [6.45, 7) is 5.48. The van der Waals surface area contributed by atoms with E-state index in [1.165, 1.54) is 6.20 Å². The Balaban J connectivity index is 2.74. The fourth-order valence-corrected chi connectivity index (χ4v) is 2.22. The molecular weight excluding hydrogens is 265 g/mol. The third-order valence-electron chi connectivity index (χ3n) is 2.24. The van der Waals surface area contributed by atoms with E-state index in [4.69, 9.17) is 4.74 Å². The van der Waals surface area contributed by atoms with Crippen molar-refractivity contribution in [3.05, 3.63) is 16.1 Å². The lowest BCUT2D eigenvalue weighted by Crippen LogP contribution is -2.25. The summed E-state index contributed by atoms with van der Waals surface area (Å²) < 4.78 is 42.7. The van der Waals surface area contributed by atoms with Gasteiger partial charge in [-0.3, -0.25) is 0 Å². The van der Waals surface area contributed by atoms with Crippen LogP contribution in [0.5, 0.6) is 0 Å². The summed E-state index contributed by atoms with van der Waals surface area (Å²) >= 11 is 0.670. The third kappa shape index (κ3) is 4.55. The van der Waals surface area contributed by atoms with Crippen LogP contribution in [0.3, 0.4) is 0 Å². The second-order valence-electron chi connectivity index (χ2n) is 3.73. The minimum Gasteiger partial charge on any atom is -0.380 e. The second-order valence-corrected chi connectivity index (χ2v) is 4.79. The number of hydrogen-bond acceptors (Lipinski definition) is 4. The van der Waals surface area contributed by atoms with E-state index in [1.807, 2.05) is 13.8 Å². The lowest BCUT2D eigenvalue weighted by atomic mass is 10.2. The van der Waals surface area contributed by atoms with E-state index < -0.39 is 11.2 Å². The molecule has 1 heterocycles. The van der Waals surface area contributed by atoms with Gasteiger partial charge >= 0.3 is 6.18 Å². The molecule has 1 aromatic rings. The summed E-state index contributed by atoms with van der Waals surface area (Å²) in [4.78, 5) is 3.98. The van der Waals surface area contributed by atoms with Crippen molar-refractivity contribution in [1.82, 2.24) is 10.3 Å². The van der Waals surface area contributed by atoms with Gasteiger partial charge < -0.3 is 10.1 Å². The van der Waals surface area contributed by atoms with E-state index >= 15 is 0 Å². The maximum Gasteiger partial charge on any atom is 0.443 e. The van der Waals surface area contributed by atoms with Crippen LogP contribution in [0.1, 0.15) is 36.2 Å². The Bertz CT molecular complexity index is 346. The van der Waals surface area contributed by atoms with Crippen LogP contribution in [0.25, 0.3) is 0 Å². The van der Waals surface area contributed by atoms with Gasteiger partial charge in [0.05, 0.1) is 12.6 Å². The summed E-state index contributed by atoms with van der Waals surface area (Å²) in [6.07, 6.45) is -2.18. The molecule has 0 bridgehead atoms. The zero-order valence-corrected chi connectivity index (χ0v) is 11.2. The maximum absolute atomic E-state index is 12.5. The molecule has 1 rings (SSSR count). The number of rotatable bonds is 7. The molecule has 1 N–H and O–H groups in total. The van der Waals surface area contributed by atoms with Gasteiger partial charge in [0.1, 0.15) is 0 Å². The molecule has 0 aliphatic heterocycles. The molecule has 0 saturated heterocycles. The van der Waals surface area contributed by atoms with Crippen molar-refractivity contribution in [2.75, 3.05) is 19.8 Å². The molecule has 18 heavy (non-hydrogen) atoms. The molecule has 0 aliphatic carbocycles. The van der Waals surface area contributed by atoms with E-state index in [1.54, 1.807) is 0 Å². The van der Waals surface area contributed by atoms with Gasteiger partial charge in [-0.25, -0.2) is 4.98 Å². The number of halogens is 3. The molecule has 3 nitrogen and oxygen atoms in total. The van der Waals surface area contributed by atoms with Crippen LogP contribution >= 0.6 is 11.3 Å². The Morgan fingerprint density at radius 1 is 1.44 bits per heavy atom. The van der Waals surface area contributed by atoms with Crippen LogP contribution in [-0.2, 0) is 10.9 Å². The van der Waals surface area contributed by atoms with E-state index in [0.29, 0.717) is 29.4 Å². The van der Waals surface area contributed by atoms with Crippen LogP contribution in [0.4, 0.5) is 13.2 Å². The van der Waals surface area contributed by atoms with Gasteiger partial charge in [-0.15, -0.1) is 11.3 Å². The molecule has 0 fully saturated rings. The Hall–Kier alpha value is -0.660. The molecular formula is C11H17F3N2OS. The van der Waals surface area contributed by atoms with Crippen LogP contribution in [0.2, 0.25) is 0 Å². The predicted molar refractivity (Wildman–Crippen MR) is 64.6 cm³/mol. The topological polar surface area (TPSA) is 34.1 Å². The quantitative estimate of drug-likeness (QED) is 0.833. The molecule has 0 aliphatic rings. The molecule has 1 atom stereocenters. The van der Waals surface area contributed by atoms with Crippen LogP contribution in [0.15, 0.2) is 6.20 Å². The van der Waals surface area contributed by atoms with Crippen LogP contribution in [-0.4, -0.2) is 24.7 Å². The number of aromatic nitrogens is 1. The number of nitrogens with one attached hydrogen (secondary N) is 1. The first-order valence-corrected chi connectivity index (χ1v) is 6.64. The number of alkyl halides is 3. The summed E-state index contributed by atoms with van der Waals surface area (Å²) in [5.74, 6) is 0. The minimum absolute atomic E-state index is 0.224. The highest BCUT2D eigenvalue weighted by Gasteiger charge is 2.35. The van der Waals surface area contributed by atoms with Crippen molar-refractivity contribution in [3.63, 3.8) is 0 Å². The Kier molecular flexibility index (Phi) is 6.04. The van der Waals surface area contributed by atoms with Gasteiger partial charge in [-0.2, -0.15) is 13.2 Å². The lowest BCUT2D eigenvalue weighted by Gasteiger charge is -2.16. The predicted octanol–water partition coefficient (Wildman–Crippen LogP) is 3.24. The van der Waals surface area contributed by atoms with E-state index in [2.05, 4.69) is 10.3 Å². The molecule has 7 heteroatoms. The molecule has 0 spiro atoms. The number of hydrogen-bond donors (Lipinski definition) is 1. The monoisotopic (exact) mass is 282 g/mol. The van der Waals surface area contributed by atoms with Crippen molar-refractivity contribution in [2.45, 2.75) is 32.5 Å². The summed E-state index contributed by atoms with van der Waals surface area (Å²) in [5.41, 5.74) is 0. The fraction of sp³-hybridized carbons (Fsp3) is 0.727. The van der Waals surface area contributed by atoms with Crippen LogP contribution in [0, 0.1) is 0 Å². The first kappa shape index (κ1) is 15.4. The van der Waals surface area contributed by atoms with Crippen molar-refractivity contribution >= 4 is 11.3 Å². The highest BCUT2D eigenvalue weighted by atomic mass is 32.1. The normalized spacial score (nSPS) is 13.8. The van der Waals surface area contributed by atoms with Crippen molar-refractivity contribution in [3.8, 4) is 0 Å². The first-order chi connectivity index (χ1) is 8.49. The van der Waals surface area contributed by atoms with Gasteiger partial charge in [0, 0.05) is 17.7 Å². The number of nitrogens with zero attached hydrogens (tertiary/aromatic N) is 1. The average Bonchev–Trinajstić information content (AvgIpc) is 2.78. The Morgan fingerprint density at radius 2 is 2.17 bits per heavy atom. The molecule has 1 aromatic heterocycles. The second kappa shape index (κ2) is 7.06. The van der Waals surface area contributed by atoms with E-state index in [-0.39, 0.29) is 6.04 Å². The van der Waals surface area contributed by atoms with Crippen molar-refractivity contribution < 1.29 is 17.9 Å². The zero-order valence-electron chi connectivity index (χ0n) is 10.4. The maximum atomic E-state index is 12.5. The molecule has 0 aromatic carbocycles. The standard InChI is InChI=1S/C11H17F3N2OS/c1-3-5-15-8(7-17-4-2)9-6-16-10(18-9)11(12,13)14/h6,8,15H,3-5,7H2,1-2H3. The highest BCUT2D eigenvalue weighted by molar-refractivity contribution is 7.11. The minimum atomic E-state index is -4.37. The SMILES string of the molecule is CCCNC(COCC)c1cnc(C(F)(F)F)s1. The molecule has 0 amide bonds. The van der Waals surface area contributed by atoms with Crippen molar-refractivity contribution in [1.29, 1.82) is 0 Å². The first-order valence-electron chi connectivity index (χ1n) is 5.83. The van der Waals surface area contributed by atoms with E-state index in [0.717, 1.165) is 13.0 Å². The van der Waals surface area contributed by atoms with Gasteiger partial charge in [-0.1, -0.05) is 6.92 Å². The zero-order chi connectivity index (χ0) is 13.6. The van der Waals surface area contributed by atoms with Gasteiger partial charge in [0.15, 0.2) is 5.01 Å². The number of ether oxygens (including phenoxy) is 1. The lowest BCUT2D eigenvalue weighted by molar-refractivity contribution is -0.137. The largest absolute Gasteiger partial charge is 0.443 e. The Labute approximate surface area is 108 Å². The van der Waals surface area contributed by atoms with Crippen LogP contribution < -0.4 is 5.32 Å². The van der Waals surface area contributed by atoms with E-state index in [9.17, 15) is 13.2 Å². The smallest absolute Gasteiger partial charge is 0.380 e. The highest BCUT2D eigenvalue weighted by Crippen LogP contribution is 2.34. The fourth-order valence-electron chi connectivity index (χ4n) is 1.37. The summed E-state index contributed by atoms with van der Waals surface area (Å²) in [7, 11) is 0. The molecule has 1 unspecified atom stereocenters. The van der Waals surface area contributed by atoms with Gasteiger partial charge in [0.2, 0.25) is 0 Å². The Morgan fingerprint density at radius 3 is 2.67 bits per heavy atom. The molecule has 0 saturated carbocycles. The number of thiazole rings is 1. The van der Waals surface area contributed by atoms with Gasteiger partial charge in [-0.05, 0) is 19.9 Å². The third-order valence-corrected chi connectivity index (χ3v) is 3.39. The summed E-state index contributed by atoms with van der Waals surface area (Å²) in [6, 6.07) is -0.224. The summed E-state index contributed by atoms with van der Waals surface area (Å²) in [5, 5.41) is 2.36. The van der Waals surface area contributed by atoms with Crippen molar-refractivity contribution in [2.24, 2.45) is 0 Å². The molecule has 104 valence electrons. The average molecular weight is 282 g/mol. The van der Waals surface area contributed by atoms with Gasteiger partial charge in [0.25, 0.3) is 0 Å².